The molecule has 0 saturated heterocycles. The number of fused-ring (bicyclic) bond motifs is 3. The van der Waals surface area contributed by atoms with E-state index < -0.39 is 9.83 Å². The van der Waals surface area contributed by atoms with Crippen LogP contribution >= 0.6 is 34.8 Å². The quantitative estimate of drug-likeness (QED) is 0.689. The second kappa shape index (κ2) is 5.32. The number of aliphatic hydroxyl groups is 1. The number of aromatic nitrogens is 1. The Labute approximate surface area is 138 Å². The zero-order valence-corrected chi connectivity index (χ0v) is 14.1. The molecule has 0 radical (unpaired) electrons. The van der Waals surface area contributed by atoms with Gasteiger partial charge < -0.3 is 10.1 Å². The van der Waals surface area contributed by atoms with Gasteiger partial charge >= 0.3 is 0 Å². The van der Waals surface area contributed by atoms with Crippen molar-refractivity contribution < 1.29 is 5.11 Å². The first-order valence-corrected chi connectivity index (χ1v) is 8.00. The van der Waals surface area contributed by atoms with Crippen molar-refractivity contribution in [2.24, 2.45) is 0 Å². The van der Waals surface area contributed by atoms with Gasteiger partial charge in [0.25, 0.3) is 0 Å². The first kappa shape index (κ1) is 15.4. The van der Waals surface area contributed by atoms with E-state index in [1.54, 1.807) is 0 Å². The molecule has 2 atom stereocenters. The molecule has 1 aromatic carbocycles. The first-order valence-electron chi connectivity index (χ1n) is 6.86. The topological polar surface area (TPSA) is 48.0 Å². The third-order valence-electron chi connectivity index (χ3n) is 4.24. The fourth-order valence-corrected chi connectivity index (χ4v) is 3.52. The number of halogens is 3. The van der Waals surface area contributed by atoms with E-state index in [1.165, 1.54) is 11.1 Å². The molecule has 2 heterocycles. The Morgan fingerprint density at radius 3 is 2.52 bits per heavy atom. The van der Waals surface area contributed by atoms with Crippen LogP contribution in [-0.4, -0.2) is 26.5 Å². The van der Waals surface area contributed by atoms with Crippen LogP contribution in [0, 0.1) is 13.8 Å². The summed E-state index contributed by atoms with van der Waals surface area (Å²) in [6, 6.07) is 3.71. The minimum absolute atomic E-state index is 0.00814. The Morgan fingerprint density at radius 2 is 1.90 bits per heavy atom. The summed E-state index contributed by atoms with van der Waals surface area (Å²) < 4.78 is -1.48. The summed E-state index contributed by atoms with van der Waals surface area (Å²) in [7, 11) is 0. The molecule has 2 unspecified atom stereocenters. The second-order valence-electron chi connectivity index (χ2n) is 5.72. The molecule has 0 amide bonds. The minimum Gasteiger partial charge on any atom is -0.395 e. The Kier molecular flexibility index (Phi) is 3.92. The summed E-state index contributed by atoms with van der Waals surface area (Å²) in [5, 5.41) is 13.9. The molecule has 3 rings (SSSR count). The minimum atomic E-state index is -1.48. The van der Waals surface area contributed by atoms with Gasteiger partial charge in [0.15, 0.2) is 0 Å². The van der Waals surface area contributed by atoms with E-state index in [0.717, 1.165) is 22.2 Å². The van der Waals surface area contributed by atoms with Gasteiger partial charge in [-0.05, 0) is 49.1 Å². The van der Waals surface area contributed by atoms with E-state index in [2.05, 4.69) is 36.3 Å². The van der Waals surface area contributed by atoms with Crippen LogP contribution in [0.15, 0.2) is 12.1 Å². The summed E-state index contributed by atoms with van der Waals surface area (Å²) in [6.07, 6.45) is 0.714. The van der Waals surface area contributed by atoms with Gasteiger partial charge in [-0.25, -0.2) is 0 Å². The highest BCUT2D eigenvalue weighted by Crippen LogP contribution is 2.44. The van der Waals surface area contributed by atoms with Crippen molar-refractivity contribution in [1.29, 1.82) is 0 Å². The first-order chi connectivity index (χ1) is 9.81. The van der Waals surface area contributed by atoms with Gasteiger partial charge in [0.2, 0.25) is 3.79 Å². The molecule has 0 saturated carbocycles. The number of alkyl halides is 3. The summed E-state index contributed by atoms with van der Waals surface area (Å²) in [4.78, 5) is 3.39. The number of aliphatic hydroxyl groups excluding tert-OH is 1. The molecule has 0 bridgehead atoms. The lowest BCUT2D eigenvalue weighted by Crippen LogP contribution is -2.46. The fraction of sp³-hybridized carbons (Fsp3) is 0.467. The molecule has 0 aliphatic carbocycles. The molecule has 1 aliphatic heterocycles. The maximum Gasteiger partial charge on any atom is 0.211 e. The number of nitrogens with one attached hydrogen (secondary N) is 2. The molecule has 1 aliphatic rings. The average Bonchev–Trinajstić information content (AvgIpc) is 2.74. The highest BCUT2D eigenvalue weighted by atomic mass is 35.6. The molecule has 0 spiro atoms. The molecule has 6 heteroatoms. The van der Waals surface area contributed by atoms with Crippen LogP contribution in [0.4, 0.5) is 0 Å². The van der Waals surface area contributed by atoms with Crippen molar-refractivity contribution >= 4 is 45.7 Å². The van der Waals surface area contributed by atoms with E-state index in [1.807, 2.05) is 0 Å². The Bertz CT molecular complexity index is 690. The Balaban J connectivity index is 2.22. The normalized spacial score (nSPS) is 22.6. The maximum absolute atomic E-state index is 9.51. The van der Waals surface area contributed by atoms with Gasteiger partial charge in [-0.15, -0.1) is 0 Å². The predicted molar refractivity (Wildman–Crippen MR) is 88.5 cm³/mol. The number of H-pyrrole nitrogens is 1. The van der Waals surface area contributed by atoms with Crippen molar-refractivity contribution in [3.05, 3.63) is 34.5 Å². The average molecular weight is 348 g/mol. The largest absolute Gasteiger partial charge is 0.395 e. The van der Waals surface area contributed by atoms with Crippen molar-refractivity contribution in [3.63, 3.8) is 0 Å². The lowest BCUT2D eigenvalue weighted by Gasteiger charge is -2.34. The van der Waals surface area contributed by atoms with Crippen molar-refractivity contribution in [2.75, 3.05) is 6.61 Å². The third kappa shape index (κ3) is 2.66. The van der Waals surface area contributed by atoms with Gasteiger partial charge in [0.05, 0.1) is 12.6 Å². The zero-order valence-electron chi connectivity index (χ0n) is 11.8. The molecule has 21 heavy (non-hydrogen) atoms. The number of hydrogen-bond donors (Lipinski definition) is 3. The van der Waals surface area contributed by atoms with E-state index in [-0.39, 0.29) is 12.6 Å². The van der Waals surface area contributed by atoms with E-state index in [9.17, 15) is 5.11 Å². The third-order valence-corrected chi connectivity index (χ3v) is 4.90. The van der Waals surface area contributed by atoms with Crippen LogP contribution < -0.4 is 5.32 Å². The van der Waals surface area contributed by atoms with Gasteiger partial charge in [-0.3, -0.25) is 5.32 Å². The van der Waals surface area contributed by atoms with E-state index >= 15 is 0 Å². The Hall–Kier alpha value is -0.450. The molecule has 1 aromatic heterocycles. The van der Waals surface area contributed by atoms with Gasteiger partial charge in [-0.2, -0.15) is 0 Å². The van der Waals surface area contributed by atoms with Gasteiger partial charge in [-0.1, -0.05) is 34.8 Å². The summed E-state index contributed by atoms with van der Waals surface area (Å²) in [5.41, 5.74) is 5.52. The second-order valence-corrected chi connectivity index (χ2v) is 8.09. The zero-order chi connectivity index (χ0) is 15.4. The number of rotatable bonds is 1. The van der Waals surface area contributed by atoms with Crippen molar-refractivity contribution in [1.82, 2.24) is 10.3 Å². The van der Waals surface area contributed by atoms with Crippen molar-refractivity contribution in [2.45, 2.75) is 36.1 Å². The highest BCUT2D eigenvalue weighted by molar-refractivity contribution is 6.68. The summed E-state index contributed by atoms with van der Waals surface area (Å²) in [6.45, 7) is 4.18. The lowest BCUT2D eigenvalue weighted by molar-refractivity contribution is 0.223. The number of aryl methyl sites for hydroxylation is 2. The van der Waals surface area contributed by atoms with Crippen LogP contribution in [0.25, 0.3) is 10.9 Å². The van der Waals surface area contributed by atoms with Crippen LogP contribution in [0.3, 0.4) is 0 Å². The smallest absolute Gasteiger partial charge is 0.211 e. The number of benzene rings is 1. The molecule has 2 aromatic rings. The van der Waals surface area contributed by atoms with Crippen LogP contribution in [0.1, 0.15) is 28.4 Å². The van der Waals surface area contributed by atoms with Crippen LogP contribution in [0.2, 0.25) is 0 Å². The molecular formula is C15H17Cl3N2O. The van der Waals surface area contributed by atoms with Crippen LogP contribution in [0.5, 0.6) is 0 Å². The molecule has 3 N–H and O–H groups in total. The monoisotopic (exact) mass is 346 g/mol. The van der Waals surface area contributed by atoms with Crippen LogP contribution in [-0.2, 0) is 6.42 Å². The van der Waals surface area contributed by atoms with Gasteiger partial charge in [0.1, 0.15) is 0 Å². The van der Waals surface area contributed by atoms with Crippen molar-refractivity contribution in [3.8, 4) is 0 Å². The summed E-state index contributed by atoms with van der Waals surface area (Å²) in [5.74, 6) is 0. The standard InChI is InChI=1S/C15H17Cl3N2O/c1-7-3-10-11-5-9(6-21)19-14(15(16,17)18)13(11)20-12(10)4-8(7)2/h3-4,9,14,19-21H,5-6H2,1-2H3. The van der Waals surface area contributed by atoms with E-state index in [4.69, 9.17) is 34.8 Å². The SMILES string of the molecule is Cc1cc2[nH]c3c(c2cc1C)CC(CO)NC3C(Cl)(Cl)Cl. The molecular weight excluding hydrogens is 331 g/mol. The van der Waals surface area contributed by atoms with E-state index in [0.29, 0.717) is 6.42 Å². The van der Waals surface area contributed by atoms with Gasteiger partial charge in [0, 0.05) is 22.6 Å². The fourth-order valence-electron chi connectivity index (χ4n) is 3.00. The number of hydrogen-bond acceptors (Lipinski definition) is 2. The lowest BCUT2D eigenvalue weighted by atomic mass is 9.93. The highest BCUT2D eigenvalue weighted by Gasteiger charge is 2.41. The Morgan fingerprint density at radius 1 is 1.24 bits per heavy atom. The molecule has 114 valence electrons. The molecule has 3 nitrogen and oxygen atoms in total. The summed E-state index contributed by atoms with van der Waals surface area (Å²) >= 11 is 18.4. The molecule has 0 fully saturated rings. The predicted octanol–water partition coefficient (Wildman–Crippen LogP) is 3.70. The number of aromatic amines is 1. The maximum atomic E-state index is 9.51.